The standard InChI is InChI=1S/C19H20N2O6S/c1-12(18(23)21-16-9-7-14(8-10-16)17(20)22)27-19(24)15-5-3-13(4-6-15)11-28(2,25)26/h3-10,12H,11H2,1-2H3,(H2,20,22)(H,21,23)/t12-/m0/s1. The molecule has 0 fully saturated rings. The average Bonchev–Trinajstić information content (AvgIpc) is 2.61. The van der Waals surface area contributed by atoms with E-state index in [1.54, 1.807) is 0 Å². The summed E-state index contributed by atoms with van der Waals surface area (Å²) in [6.45, 7) is 1.42. The second kappa shape index (κ2) is 8.66. The van der Waals surface area contributed by atoms with Crippen molar-refractivity contribution < 1.29 is 27.5 Å². The van der Waals surface area contributed by atoms with E-state index in [0.717, 1.165) is 6.26 Å². The van der Waals surface area contributed by atoms with Gasteiger partial charge in [0.25, 0.3) is 5.91 Å². The first-order chi connectivity index (χ1) is 13.0. The number of sulfone groups is 1. The van der Waals surface area contributed by atoms with Crippen LogP contribution in [-0.2, 0) is 25.1 Å². The van der Waals surface area contributed by atoms with Crippen LogP contribution in [0.15, 0.2) is 48.5 Å². The van der Waals surface area contributed by atoms with Crippen molar-refractivity contribution in [2.45, 2.75) is 18.8 Å². The zero-order valence-electron chi connectivity index (χ0n) is 15.3. The number of anilines is 1. The third-order valence-corrected chi connectivity index (χ3v) is 4.57. The number of hydrogen-bond acceptors (Lipinski definition) is 6. The Morgan fingerprint density at radius 2 is 1.54 bits per heavy atom. The molecule has 2 amide bonds. The van der Waals surface area contributed by atoms with Crippen molar-refractivity contribution in [3.05, 3.63) is 65.2 Å². The van der Waals surface area contributed by atoms with E-state index in [-0.39, 0.29) is 11.3 Å². The van der Waals surface area contributed by atoms with Crippen LogP contribution < -0.4 is 11.1 Å². The van der Waals surface area contributed by atoms with E-state index >= 15 is 0 Å². The monoisotopic (exact) mass is 404 g/mol. The highest BCUT2D eigenvalue weighted by molar-refractivity contribution is 7.89. The Kier molecular flexibility index (Phi) is 6.53. The zero-order chi connectivity index (χ0) is 20.9. The van der Waals surface area contributed by atoms with Gasteiger partial charge in [0.05, 0.1) is 11.3 Å². The molecular weight excluding hydrogens is 384 g/mol. The van der Waals surface area contributed by atoms with Crippen molar-refractivity contribution in [3.8, 4) is 0 Å². The molecule has 148 valence electrons. The van der Waals surface area contributed by atoms with Crippen LogP contribution in [0.2, 0.25) is 0 Å². The normalized spacial score (nSPS) is 12.1. The minimum atomic E-state index is -3.17. The van der Waals surface area contributed by atoms with Gasteiger partial charge in [0.2, 0.25) is 5.91 Å². The van der Waals surface area contributed by atoms with Crippen molar-refractivity contribution in [1.82, 2.24) is 0 Å². The SMILES string of the molecule is C[C@H](OC(=O)c1ccc(CS(C)(=O)=O)cc1)C(=O)Nc1ccc(C(N)=O)cc1. The molecule has 9 heteroatoms. The van der Waals surface area contributed by atoms with Crippen LogP contribution in [0.4, 0.5) is 5.69 Å². The third-order valence-electron chi connectivity index (χ3n) is 3.71. The number of esters is 1. The summed E-state index contributed by atoms with van der Waals surface area (Å²) in [5, 5.41) is 2.56. The molecule has 0 saturated carbocycles. The summed E-state index contributed by atoms with van der Waals surface area (Å²) in [7, 11) is -3.17. The fourth-order valence-corrected chi connectivity index (χ4v) is 3.08. The van der Waals surface area contributed by atoms with Crippen LogP contribution in [0.5, 0.6) is 0 Å². The van der Waals surface area contributed by atoms with Crippen LogP contribution >= 0.6 is 0 Å². The van der Waals surface area contributed by atoms with Gasteiger partial charge in [0.1, 0.15) is 0 Å². The Hall–Kier alpha value is -3.20. The number of benzene rings is 2. The Labute approximate surface area is 162 Å². The lowest BCUT2D eigenvalue weighted by molar-refractivity contribution is -0.123. The maximum Gasteiger partial charge on any atom is 0.338 e. The lowest BCUT2D eigenvalue weighted by Crippen LogP contribution is -2.30. The summed E-state index contributed by atoms with van der Waals surface area (Å²) in [5.41, 5.74) is 6.61. The van der Waals surface area contributed by atoms with Gasteiger partial charge in [0.15, 0.2) is 15.9 Å². The number of ether oxygens (including phenoxy) is 1. The Balaban J connectivity index is 1.95. The molecule has 0 spiro atoms. The summed E-state index contributed by atoms with van der Waals surface area (Å²) in [6.07, 6.45) is 0.0516. The molecule has 0 saturated heterocycles. The van der Waals surface area contributed by atoms with E-state index < -0.39 is 33.7 Å². The largest absolute Gasteiger partial charge is 0.449 e. The topological polar surface area (TPSA) is 133 Å². The molecule has 0 heterocycles. The molecule has 3 N–H and O–H groups in total. The van der Waals surface area contributed by atoms with Gasteiger partial charge < -0.3 is 15.8 Å². The van der Waals surface area contributed by atoms with E-state index in [1.807, 2.05) is 0 Å². The van der Waals surface area contributed by atoms with Gasteiger partial charge in [-0.25, -0.2) is 13.2 Å². The molecule has 2 aromatic carbocycles. The molecule has 0 unspecified atom stereocenters. The molecule has 0 bridgehead atoms. The van der Waals surface area contributed by atoms with Crippen LogP contribution in [0, 0.1) is 0 Å². The molecule has 0 aliphatic heterocycles. The van der Waals surface area contributed by atoms with Crippen LogP contribution in [0.3, 0.4) is 0 Å². The molecule has 0 radical (unpaired) electrons. The molecule has 2 aromatic rings. The lowest BCUT2D eigenvalue weighted by Gasteiger charge is -2.14. The van der Waals surface area contributed by atoms with Crippen LogP contribution in [0.1, 0.15) is 33.2 Å². The van der Waals surface area contributed by atoms with Gasteiger partial charge in [-0.2, -0.15) is 0 Å². The van der Waals surface area contributed by atoms with Crippen LogP contribution in [-0.4, -0.2) is 38.6 Å². The molecular formula is C19H20N2O6S. The number of carbonyl (C=O) groups excluding carboxylic acids is 3. The predicted molar refractivity (Wildman–Crippen MR) is 103 cm³/mol. The number of nitrogens with one attached hydrogen (secondary N) is 1. The summed E-state index contributed by atoms with van der Waals surface area (Å²) >= 11 is 0. The minimum absolute atomic E-state index is 0.129. The highest BCUT2D eigenvalue weighted by Crippen LogP contribution is 2.12. The van der Waals surface area contributed by atoms with Crippen LogP contribution in [0.25, 0.3) is 0 Å². The average molecular weight is 404 g/mol. The van der Waals surface area contributed by atoms with E-state index in [4.69, 9.17) is 10.5 Å². The quantitative estimate of drug-likeness (QED) is 0.672. The van der Waals surface area contributed by atoms with Gasteiger partial charge in [-0.15, -0.1) is 0 Å². The van der Waals surface area contributed by atoms with E-state index in [2.05, 4.69) is 5.32 Å². The second-order valence-electron chi connectivity index (χ2n) is 6.25. The van der Waals surface area contributed by atoms with Gasteiger partial charge >= 0.3 is 5.97 Å². The molecule has 0 aliphatic rings. The maximum absolute atomic E-state index is 12.2. The van der Waals surface area contributed by atoms with E-state index in [1.165, 1.54) is 55.5 Å². The van der Waals surface area contributed by atoms with E-state index in [0.29, 0.717) is 16.8 Å². The smallest absolute Gasteiger partial charge is 0.338 e. The summed E-state index contributed by atoms with van der Waals surface area (Å²) in [5.74, 6) is -1.97. The number of rotatable bonds is 7. The number of nitrogens with two attached hydrogens (primary N) is 1. The van der Waals surface area contributed by atoms with Crippen molar-refractivity contribution in [3.63, 3.8) is 0 Å². The first-order valence-corrected chi connectivity index (χ1v) is 10.3. The number of primary amides is 1. The zero-order valence-corrected chi connectivity index (χ0v) is 16.2. The molecule has 8 nitrogen and oxygen atoms in total. The Morgan fingerprint density at radius 3 is 2.04 bits per heavy atom. The highest BCUT2D eigenvalue weighted by atomic mass is 32.2. The van der Waals surface area contributed by atoms with Gasteiger partial charge in [-0.1, -0.05) is 12.1 Å². The summed E-state index contributed by atoms with van der Waals surface area (Å²) in [6, 6.07) is 11.9. The fraction of sp³-hybridized carbons (Fsp3) is 0.211. The minimum Gasteiger partial charge on any atom is -0.449 e. The maximum atomic E-state index is 12.2. The highest BCUT2D eigenvalue weighted by Gasteiger charge is 2.19. The van der Waals surface area contributed by atoms with E-state index in [9.17, 15) is 22.8 Å². The van der Waals surface area contributed by atoms with Gasteiger partial charge in [-0.05, 0) is 48.9 Å². The fourth-order valence-electron chi connectivity index (χ4n) is 2.28. The first kappa shape index (κ1) is 21.1. The Morgan fingerprint density at radius 1 is 1.00 bits per heavy atom. The van der Waals surface area contributed by atoms with Crippen molar-refractivity contribution in [2.75, 3.05) is 11.6 Å². The Bertz CT molecular complexity index is 982. The van der Waals surface area contributed by atoms with Gasteiger partial charge in [0, 0.05) is 17.5 Å². The third kappa shape index (κ3) is 6.20. The first-order valence-electron chi connectivity index (χ1n) is 8.23. The molecule has 0 aromatic heterocycles. The van der Waals surface area contributed by atoms with Crippen molar-refractivity contribution in [2.24, 2.45) is 5.73 Å². The molecule has 0 aliphatic carbocycles. The number of carbonyl (C=O) groups is 3. The number of amides is 2. The molecule has 28 heavy (non-hydrogen) atoms. The molecule has 2 rings (SSSR count). The van der Waals surface area contributed by atoms with Crippen molar-refractivity contribution in [1.29, 1.82) is 0 Å². The summed E-state index contributed by atoms with van der Waals surface area (Å²) in [4.78, 5) is 35.4. The second-order valence-corrected chi connectivity index (χ2v) is 8.39. The lowest BCUT2D eigenvalue weighted by atomic mass is 10.1. The van der Waals surface area contributed by atoms with Gasteiger partial charge in [-0.3, -0.25) is 9.59 Å². The molecule has 1 atom stereocenters. The predicted octanol–water partition coefficient (Wildman–Crippen LogP) is 1.51. The van der Waals surface area contributed by atoms with Crippen molar-refractivity contribution >= 4 is 33.3 Å². The summed E-state index contributed by atoms with van der Waals surface area (Å²) < 4.78 is 27.7. The number of hydrogen-bond donors (Lipinski definition) is 2.